The minimum atomic E-state index is -4.64. The van der Waals surface area contributed by atoms with E-state index in [-0.39, 0.29) is 11.0 Å². The molecule has 0 fully saturated rings. The predicted molar refractivity (Wildman–Crippen MR) is 53.8 cm³/mol. The number of hydrogen-bond acceptors (Lipinski definition) is 1. The number of anilines is 1. The van der Waals surface area contributed by atoms with Crippen LogP contribution < -0.4 is 5.32 Å². The van der Waals surface area contributed by atoms with Gasteiger partial charge < -0.3 is 5.32 Å². The first-order valence-electron chi connectivity index (χ1n) is 4.06. The van der Waals surface area contributed by atoms with E-state index < -0.39 is 23.5 Å². The van der Waals surface area contributed by atoms with E-state index in [1.54, 1.807) is 0 Å². The maximum absolute atomic E-state index is 12.8. The van der Waals surface area contributed by atoms with Gasteiger partial charge >= 0.3 is 6.18 Å². The average Bonchev–Trinajstić information content (AvgIpc) is 2.15. The lowest BCUT2D eigenvalue weighted by molar-refractivity contribution is -0.137. The molecule has 16 heavy (non-hydrogen) atoms. The summed E-state index contributed by atoms with van der Waals surface area (Å²) in [6.45, 7) is 0. The number of alkyl halides is 4. The van der Waals surface area contributed by atoms with Crippen molar-refractivity contribution in [3.8, 4) is 0 Å². The fourth-order valence-electron chi connectivity index (χ4n) is 1.02. The summed E-state index contributed by atoms with van der Waals surface area (Å²) < 4.78 is 49.7. The van der Waals surface area contributed by atoms with Gasteiger partial charge in [0.1, 0.15) is 5.82 Å². The zero-order valence-electron chi connectivity index (χ0n) is 7.74. The minimum Gasteiger partial charge on any atom is -0.325 e. The summed E-state index contributed by atoms with van der Waals surface area (Å²) in [4.78, 5) is 10.9. The molecule has 0 atom stereocenters. The molecule has 0 saturated heterocycles. The summed E-state index contributed by atoms with van der Waals surface area (Å²) in [6, 6.07) is 1.85. The molecular weight excluding hydrogens is 294 g/mol. The highest BCUT2D eigenvalue weighted by Gasteiger charge is 2.31. The molecule has 0 bridgehead atoms. The van der Waals surface area contributed by atoms with Crippen molar-refractivity contribution in [1.82, 2.24) is 0 Å². The van der Waals surface area contributed by atoms with Gasteiger partial charge in [0, 0.05) is 5.69 Å². The Bertz CT molecular complexity index is 405. The first-order valence-corrected chi connectivity index (χ1v) is 5.18. The summed E-state index contributed by atoms with van der Waals surface area (Å²) in [5, 5.41) is 2.04. The topological polar surface area (TPSA) is 29.1 Å². The van der Waals surface area contributed by atoms with Crippen LogP contribution in [0.15, 0.2) is 18.2 Å². The number of carbonyl (C=O) groups is 1. The number of rotatable bonds is 2. The maximum atomic E-state index is 12.8. The van der Waals surface area contributed by atoms with Gasteiger partial charge in [0.25, 0.3) is 0 Å². The lowest BCUT2D eigenvalue weighted by atomic mass is 10.2. The SMILES string of the molecule is O=C(CBr)Nc1cc(F)cc(C(F)(F)F)c1. The van der Waals surface area contributed by atoms with Crippen LogP contribution in [-0.4, -0.2) is 11.2 Å². The standard InChI is InChI=1S/C9H6BrF4NO/c10-4-8(16)15-7-2-5(9(12,13)14)1-6(11)3-7/h1-3H,4H2,(H,15,16). The van der Waals surface area contributed by atoms with E-state index in [9.17, 15) is 22.4 Å². The molecule has 0 heterocycles. The molecular formula is C9H6BrF4NO. The second-order valence-electron chi connectivity index (χ2n) is 2.91. The van der Waals surface area contributed by atoms with Gasteiger partial charge in [-0.3, -0.25) is 4.79 Å². The molecule has 0 aromatic heterocycles. The van der Waals surface area contributed by atoms with Crippen LogP contribution in [0.25, 0.3) is 0 Å². The van der Waals surface area contributed by atoms with Crippen LogP contribution in [0.2, 0.25) is 0 Å². The summed E-state index contributed by atoms with van der Waals surface area (Å²) in [5.41, 5.74) is -1.37. The Morgan fingerprint density at radius 2 is 1.94 bits per heavy atom. The van der Waals surface area contributed by atoms with Crippen LogP contribution >= 0.6 is 15.9 Å². The second-order valence-corrected chi connectivity index (χ2v) is 3.47. The molecule has 7 heteroatoms. The van der Waals surface area contributed by atoms with Crippen LogP contribution in [0.1, 0.15) is 5.56 Å². The fourth-order valence-corrected chi connectivity index (χ4v) is 1.16. The number of nitrogens with one attached hydrogen (secondary N) is 1. The monoisotopic (exact) mass is 299 g/mol. The van der Waals surface area contributed by atoms with Gasteiger partial charge in [-0.15, -0.1) is 0 Å². The van der Waals surface area contributed by atoms with Crippen LogP contribution in [0.3, 0.4) is 0 Å². The summed E-state index contributed by atoms with van der Waals surface area (Å²) >= 11 is 2.82. The van der Waals surface area contributed by atoms with Crippen molar-refractivity contribution in [2.45, 2.75) is 6.18 Å². The highest BCUT2D eigenvalue weighted by molar-refractivity contribution is 9.09. The van der Waals surface area contributed by atoms with Crippen molar-refractivity contribution in [2.75, 3.05) is 10.6 Å². The van der Waals surface area contributed by atoms with Gasteiger partial charge in [-0.2, -0.15) is 13.2 Å². The van der Waals surface area contributed by atoms with E-state index >= 15 is 0 Å². The Morgan fingerprint density at radius 1 is 1.31 bits per heavy atom. The molecule has 0 radical (unpaired) electrons. The summed E-state index contributed by atoms with van der Waals surface area (Å²) in [7, 11) is 0. The molecule has 1 N–H and O–H groups in total. The first kappa shape index (κ1) is 13.0. The molecule has 0 unspecified atom stereocenters. The normalized spacial score (nSPS) is 11.3. The number of halogens is 5. The van der Waals surface area contributed by atoms with Gasteiger partial charge in [0.2, 0.25) is 5.91 Å². The van der Waals surface area contributed by atoms with Crippen LogP contribution in [0, 0.1) is 5.82 Å². The Hall–Kier alpha value is -1.11. The van der Waals surface area contributed by atoms with E-state index in [0.717, 1.165) is 6.07 Å². The van der Waals surface area contributed by atoms with Crippen molar-refractivity contribution in [2.24, 2.45) is 0 Å². The molecule has 0 aliphatic carbocycles. The predicted octanol–water partition coefficient (Wildman–Crippen LogP) is 3.18. The van der Waals surface area contributed by atoms with E-state index in [1.807, 2.05) is 0 Å². The van der Waals surface area contributed by atoms with Gasteiger partial charge in [-0.05, 0) is 18.2 Å². The van der Waals surface area contributed by atoms with E-state index in [4.69, 9.17) is 0 Å². The van der Waals surface area contributed by atoms with Gasteiger partial charge in [-0.1, -0.05) is 15.9 Å². The number of hydrogen-bond donors (Lipinski definition) is 1. The molecule has 0 spiro atoms. The minimum absolute atomic E-state index is 0.0785. The van der Waals surface area contributed by atoms with Crippen LogP contribution in [0.4, 0.5) is 23.2 Å². The highest BCUT2D eigenvalue weighted by Crippen LogP contribution is 2.31. The Kier molecular flexibility index (Phi) is 3.90. The third kappa shape index (κ3) is 3.48. The van der Waals surface area contributed by atoms with Crippen molar-refractivity contribution < 1.29 is 22.4 Å². The zero-order chi connectivity index (χ0) is 12.3. The van der Waals surface area contributed by atoms with E-state index in [1.165, 1.54) is 0 Å². The molecule has 1 aromatic rings. The van der Waals surface area contributed by atoms with Gasteiger partial charge in [0.15, 0.2) is 0 Å². The second kappa shape index (κ2) is 4.82. The molecule has 0 aliphatic rings. The molecule has 1 aromatic carbocycles. The maximum Gasteiger partial charge on any atom is 0.416 e. The van der Waals surface area contributed by atoms with Crippen molar-refractivity contribution >= 4 is 27.5 Å². The van der Waals surface area contributed by atoms with Crippen molar-refractivity contribution in [3.05, 3.63) is 29.6 Å². The van der Waals surface area contributed by atoms with Crippen molar-refractivity contribution in [1.29, 1.82) is 0 Å². The molecule has 0 saturated carbocycles. The molecule has 1 rings (SSSR count). The summed E-state index contributed by atoms with van der Waals surface area (Å²) in [6.07, 6.45) is -4.64. The Balaban J connectivity index is 3.04. The quantitative estimate of drug-likeness (QED) is 0.659. The highest BCUT2D eigenvalue weighted by atomic mass is 79.9. The summed E-state index contributed by atoms with van der Waals surface area (Å²) in [5.74, 6) is -1.61. The third-order valence-corrected chi connectivity index (χ3v) is 2.14. The first-order chi connectivity index (χ1) is 7.32. The molecule has 2 nitrogen and oxygen atoms in total. The number of amides is 1. The molecule has 88 valence electrons. The lowest BCUT2D eigenvalue weighted by Crippen LogP contribution is -2.14. The number of benzene rings is 1. The smallest absolute Gasteiger partial charge is 0.325 e. The van der Waals surface area contributed by atoms with Gasteiger partial charge in [-0.25, -0.2) is 4.39 Å². The average molecular weight is 300 g/mol. The van der Waals surface area contributed by atoms with E-state index in [0.29, 0.717) is 12.1 Å². The lowest BCUT2D eigenvalue weighted by Gasteiger charge is -2.09. The zero-order valence-corrected chi connectivity index (χ0v) is 9.32. The Morgan fingerprint density at radius 3 is 2.44 bits per heavy atom. The largest absolute Gasteiger partial charge is 0.416 e. The molecule has 0 aliphatic heterocycles. The van der Waals surface area contributed by atoms with E-state index in [2.05, 4.69) is 21.2 Å². The number of carbonyl (C=O) groups excluding carboxylic acids is 1. The fraction of sp³-hybridized carbons (Fsp3) is 0.222. The molecule has 1 amide bonds. The van der Waals surface area contributed by atoms with Gasteiger partial charge in [0.05, 0.1) is 10.9 Å². The van der Waals surface area contributed by atoms with Crippen LogP contribution in [0.5, 0.6) is 0 Å². The van der Waals surface area contributed by atoms with Crippen molar-refractivity contribution in [3.63, 3.8) is 0 Å². The Labute approximate surface area is 96.8 Å². The van der Waals surface area contributed by atoms with Crippen LogP contribution in [-0.2, 0) is 11.0 Å². The third-order valence-electron chi connectivity index (χ3n) is 1.63.